The summed E-state index contributed by atoms with van der Waals surface area (Å²) in [6, 6.07) is 0. The van der Waals surface area contributed by atoms with Gasteiger partial charge in [-0.25, -0.2) is 4.99 Å². The molecular weight excluding hydrogens is 246 g/mol. The molecule has 0 saturated carbocycles. The van der Waals surface area contributed by atoms with Gasteiger partial charge >= 0.3 is 0 Å². The summed E-state index contributed by atoms with van der Waals surface area (Å²) < 4.78 is 5.87. The topological polar surface area (TPSA) is 21.6 Å². The van der Waals surface area contributed by atoms with Gasteiger partial charge in [0.15, 0.2) is 0 Å². The van der Waals surface area contributed by atoms with E-state index in [0.717, 1.165) is 12.3 Å². The highest BCUT2D eigenvalue weighted by molar-refractivity contribution is 5.96. The van der Waals surface area contributed by atoms with Crippen LogP contribution in [0.4, 0.5) is 0 Å². The van der Waals surface area contributed by atoms with E-state index in [0.29, 0.717) is 18.4 Å². The highest BCUT2D eigenvalue weighted by atomic mass is 16.5. The molecule has 0 radical (unpaired) electrons. The Hall–Kier alpha value is -1.31. The predicted octanol–water partition coefficient (Wildman–Crippen LogP) is 4.69. The van der Waals surface area contributed by atoms with Crippen molar-refractivity contribution in [2.75, 3.05) is 6.61 Å². The third-order valence-corrected chi connectivity index (χ3v) is 4.07. The van der Waals surface area contributed by atoms with Gasteiger partial charge in [-0.2, -0.15) is 0 Å². The number of allylic oxidation sites excluding steroid dienone is 4. The lowest BCUT2D eigenvalue weighted by molar-refractivity contribution is 0.274. The van der Waals surface area contributed by atoms with Crippen molar-refractivity contribution in [2.24, 2.45) is 16.8 Å². The van der Waals surface area contributed by atoms with Crippen molar-refractivity contribution < 1.29 is 4.74 Å². The molecule has 110 valence electrons. The Balaban J connectivity index is 2.22. The minimum atomic E-state index is -0.0828. The first-order valence-electron chi connectivity index (χ1n) is 7.79. The number of hydrogen-bond donors (Lipinski definition) is 0. The van der Waals surface area contributed by atoms with Crippen molar-refractivity contribution in [3.63, 3.8) is 0 Å². The van der Waals surface area contributed by atoms with Gasteiger partial charge in [-0.05, 0) is 38.5 Å². The summed E-state index contributed by atoms with van der Waals surface area (Å²) in [5, 5.41) is 0. The minimum Gasteiger partial charge on any atom is -0.475 e. The van der Waals surface area contributed by atoms with Crippen LogP contribution >= 0.6 is 0 Å². The van der Waals surface area contributed by atoms with Crippen LogP contribution in [-0.4, -0.2) is 18.0 Å². The van der Waals surface area contributed by atoms with Gasteiger partial charge in [0.2, 0.25) is 5.90 Å². The Morgan fingerprint density at radius 1 is 1.50 bits per heavy atom. The fourth-order valence-corrected chi connectivity index (χ4v) is 2.98. The van der Waals surface area contributed by atoms with Gasteiger partial charge in [0.1, 0.15) is 6.61 Å². The first-order chi connectivity index (χ1) is 9.57. The smallest absolute Gasteiger partial charge is 0.212 e. The molecule has 1 aliphatic carbocycles. The highest BCUT2D eigenvalue weighted by Crippen LogP contribution is 2.36. The van der Waals surface area contributed by atoms with Crippen molar-refractivity contribution in [3.05, 3.63) is 36.5 Å². The molecule has 2 aliphatic rings. The van der Waals surface area contributed by atoms with Crippen LogP contribution in [-0.2, 0) is 4.74 Å². The second-order valence-corrected chi connectivity index (χ2v) is 6.46. The Morgan fingerprint density at radius 3 is 2.90 bits per heavy atom. The van der Waals surface area contributed by atoms with Crippen LogP contribution in [0, 0.1) is 11.8 Å². The van der Waals surface area contributed by atoms with E-state index in [-0.39, 0.29) is 5.54 Å². The van der Waals surface area contributed by atoms with Crippen molar-refractivity contribution in [3.8, 4) is 0 Å². The molecule has 0 aromatic carbocycles. The van der Waals surface area contributed by atoms with E-state index >= 15 is 0 Å². The van der Waals surface area contributed by atoms with Crippen LogP contribution in [0.2, 0.25) is 0 Å². The monoisotopic (exact) mass is 273 g/mol. The predicted molar refractivity (Wildman–Crippen MR) is 86.0 cm³/mol. The maximum Gasteiger partial charge on any atom is 0.212 e. The number of ether oxygens (including phenoxy) is 1. The third kappa shape index (κ3) is 3.41. The second kappa shape index (κ2) is 6.43. The third-order valence-electron chi connectivity index (χ3n) is 4.07. The van der Waals surface area contributed by atoms with E-state index in [2.05, 4.69) is 45.6 Å². The summed E-state index contributed by atoms with van der Waals surface area (Å²) >= 11 is 0. The minimum absolute atomic E-state index is 0.0828. The van der Waals surface area contributed by atoms with Gasteiger partial charge in [0, 0.05) is 5.57 Å². The molecule has 0 unspecified atom stereocenters. The van der Waals surface area contributed by atoms with Gasteiger partial charge < -0.3 is 4.74 Å². The fraction of sp³-hybridized carbons (Fsp3) is 0.611. The van der Waals surface area contributed by atoms with Crippen LogP contribution in [0.3, 0.4) is 0 Å². The largest absolute Gasteiger partial charge is 0.475 e. The van der Waals surface area contributed by atoms with Crippen molar-refractivity contribution >= 4 is 5.90 Å². The zero-order valence-electron chi connectivity index (χ0n) is 13.1. The van der Waals surface area contributed by atoms with Gasteiger partial charge in [-0.15, -0.1) is 6.58 Å². The Bertz CT molecular complexity index is 442. The van der Waals surface area contributed by atoms with E-state index in [1.807, 2.05) is 6.08 Å². The second-order valence-electron chi connectivity index (χ2n) is 6.46. The number of unbranched alkanes of at least 4 members (excludes halogenated alkanes) is 1. The molecule has 0 bridgehead atoms. The molecule has 20 heavy (non-hydrogen) atoms. The summed E-state index contributed by atoms with van der Waals surface area (Å²) in [7, 11) is 0. The van der Waals surface area contributed by atoms with Crippen LogP contribution in [0.15, 0.2) is 41.4 Å². The average molecular weight is 273 g/mol. The Morgan fingerprint density at radius 2 is 2.30 bits per heavy atom. The molecule has 0 amide bonds. The van der Waals surface area contributed by atoms with Crippen LogP contribution in [0.1, 0.15) is 46.5 Å². The number of aliphatic imine (C=N–C) groups is 1. The van der Waals surface area contributed by atoms with E-state index < -0.39 is 0 Å². The highest BCUT2D eigenvalue weighted by Gasteiger charge is 2.33. The van der Waals surface area contributed by atoms with Crippen LogP contribution in [0.5, 0.6) is 0 Å². The maximum atomic E-state index is 5.87. The van der Waals surface area contributed by atoms with E-state index in [1.54, 1.807) is 0 Å². The van der Waals surface area contributed by atoms with Crippen molar-refractivity contribution in [2.45, 2.75) is 52.0 Å². The first-order valence-corrected chi connectivity index (χ1v) is 7.79. The molecule has 1 aliphatic heterocycles. The lowest BCUT2D eigenvalue weighted by atomic mass is 9.77. The maximum absolute atomic E-state index is 5.87. The first kappa shape index (κ1) is 15.1. The average Bonchev–Trinajstić information content (AvgIpc) is 2.77. The fourth-order valence-electron chi connectivity index (χ4n) is 2.98. The summed E-state index contributed by atoms with van der Waals surface area (Å²) in [5.41, 5.74) is 1.21. The molecule has 0 aromatic rings. The zero-order chi connectivity index (χ0) is 14.6. The molecule has 2 nitrogen and oxygen atoms in total. The molecule has 2 heteroatoms. The zero-order valence-corrected chi connectivity index (χ0v) is 13.1. The molecule has 0 spiro atoms. The SMILES string of the molecule is C=CC[C@H]1C=CC=C(C2=NC(C)(C)CO2)[C@@H]1CCCC. The van der Waals surface area contributed by atoms with E-state index in [1.165, 1.54) is 24.8 Å². The summed E-state index contributed by atoms with van der Waals surface area (Å²) in [6.45, 7) is 11.1. The molecule has 1 heterocycles. The van der Waals surface area contributed by atoms with E-state index in [9.17, 15) is 0 Å². The summed E-state index contributed by atoms with van der Waals surface area (Å²) in [5.74, 6) is 1.93. The van der Waals surface area contributed by atoms with Gasteiger partial charge in [-0.1, -0.05) is 44.1 Å². The Kier molecular flexibility index (Phi) is 4.85. The lowest BCUT2D eigenvalue weighted by Gasteiger charge is -2.28. The normalized spacial score (nSPS) is 27.8. The molecule has 0 N–H and O–H groups in total. The quantitative estimate of drug-likeness (QED) is 0.643. The number of hydrogen-bond acceptors (Lipinski definition) is 2. The number of rotatable bonds is 6. The molecule has 0 aromatic heterocycles. The molecule has 0 saturated heterocycles. The van der Waals surface area contributed by atoms with Crippen LogP contribution < -0.4 is 0 Å². The summed E-state index contributed by atoms with van der Waals surface area (Å²) in [4.78, 5) is 4.76. The number of nitrogens with zero attached hydrogens (tertiary/aromatic N) is 1. The van der Waals surface area contributed by atoms with E-state index in [4.69, 9.17) is 9.73 Å². The molecular formula is C18H27NO. The van der Waals surface area contributed by atoms with Gasteiger partial charge in [0.25, 0.3) is 0 Å². The Labute approximate surface area is 123 Å². The summed E-state index contributed by atoms with van der Waals surface area (Å²) in [6.07, 6.45) is 13.4. The van der Waals surface area contributed by atoms with Crippen molar-refractivity contribution in [1.82, 2.24) is 0 Å². The molecule has 2 rings (SSSR count). The van der Waals surface area contributed by atoms with Crippen molar-refractivity contribution in [1.29, 1.82) is 0 Å². The van der Waals surface area contributed by atoms with Gasteiger partial charge in [0.05, 0.1) is 5.54 Å². The van der Waals surface area contributed by atoms with Crippen LogP contribution in [0.25, 0.3) is 0 Å². The van der Waals surface area contributed by atoms with Gasteiger partial charge in [-0.3, -0.25) is 0 Å². The lowest BCUT2D eigenvalue weighted by Crippen LogP contribution is -2.23. The molecule has 2 atom stereocenters. The molecule has 0 fully saturated rings. The standard InChI is InChI=1S/C18H27NO/c1-5-7-11-15-14(9-6-2)10-8-12-16(15)17-19-18(3,4)13-20-17/h6,8,10,12,14-15H,2,5,7,9,11,13H2,1,3-4H3/t14-,15+/m0/s1.